The van der Waals surface area contributed by atoms with E-state index in [0.29, 0.717) is 0 Å². The van der Waals surface area contributed by atoms with Gasteiger partial charge in [0, 0.05) is 0 Å². The molecule has 0 saturated heterocycles. The molecule has 0 N–H and O–H groups in total. The molecule has 26 heavy (non-hydrogen) atoms. The summed E-state index contributed by atoms with van der Waals surface area (Å²) in [5.74, 6) is 2.03. The van der Waals surface area contributed by atoms with E-state index in [4.69, 9.17) is 9.47 Å². The zero-order chi connectivity index (χ0) is 18.7. The Morgan fingerprint density at radius 2 is 1.04 bits per heavy atom. The monoisotopic (exact) mass is 378 g/mol. The van der Waals surface area contributed by atoms with Gasteiger partial charge >= 0.3 is 0 Å². The van der Waals surface area contributed by atoms with Crippen LogP contribution in [0.1, 0.15) is 0 Å². The first kappa shape index (κ1) is 17.4. The standard InChI is InChI=1S/C22H26O2Si2/c1-23-16-13-14-17(24-2)22-21(16)25(3,4)18-11-7-9-15-10-8-12-19(20(15)18)26(22,5)6/h7-14H,1-6H3. The summed E-state index contributed by atoms with van der Waals surface area (Å²) < 4.78 is 11.8. The van der Waals surface area contributed by atoms with Crippen LogP contribution in [-0.2, 0) is 0 Å². The van der Waals surface area contributed by atoms with E-state index in [1.807, 2.05) is 0 Å². The molecule has 2 nitrogen and oxygen atoms in total. The van der Waals surface area contributed by atoms with Crippen molar-refractivity contribution >= 4 is 47.7 Å². The fourth-order valence-electron chi connectivity index (χ4n) is 4.80. The Labute approximate surface area is 157 Å². The first-order valence-corrected chi connectivity index (χ1v) is 15.1. The van der Waals surface area contributed by atoms with Crippen molar-refractivity contribution in [1.29, 1.82) is 0 Å². The Hall–Kier alpha value is -2.05. The van der Waals surface area contributed by atoms with Crippen LogP contribution in [0.2, 0.25) is 26.2 Å². The molecule has 3 aromatic rings. The molecular weight excluding hydrogens is 352 g/mol. The van der Waals surface area contributed by atoms with Gasteiger partial charge in [-0.05, 0) is 43.7 Å². The largest absolute Gasteiger partial charge is 0.497 e. The van der Waals surface area contributed by atoms with Gasteiger partial charge in [-0.1, -0.05) is 62.6 Å². The second-order valence-corrected chi connectivity index (χ2v) is 16.8. The van der Waals surface area contributed by atoms with Crippen LogP contribution in [0.25, 0.3) is 10.8 Å². The Bertz CT molecular complexity index is 944. The van der Waals surface area contributed by atoms with Crippen LogP contribution >= 0.6 is 0 Å². The van der Waals surface area contributed by atoms with Gasteiger partial charge in [0.05, 0.1) is 14.2 Å². The number of benzene rings is 3. The molecule has 1 aliphatic heterocycles. The summed E-state index contributed by atoms with van der Waals surface area (Å²) in [5.41, 5.74) is 0. The number of hydrogen-bond acceptors (Lipinski definition) is 2. The lowest BCUT2D eigenvalue weighted by molar-refractivity contribution is 0.408. The van der Waals surface area contributed by atoms with E-state index in [1.165, 1.54) is 31.5 Å². The summed E-state index contributed by atoms with van der Waals surface area (Å²) in [6.45, 7) is 9.81. The molecule has 4 rings (SSSR count). The molecular formula is C22H26O2Si2. The van der Waals surface area contributed by atoms with E-state index in [1.54, 1.807) is 14.2 Å². The summed E-state index contributed by atoms with van der Waals surface area (Å²) in [5, 5.41) is 8.68. The predicted molar refractivity (Wildman–Crippen MR) is 117 cm³/mol. The highest BCUT2D eigenvalue weighted by Crippen LogP contribution is 2.27. The molecule has 0 aliphatic carbocycles. The van der Waals surface area contributed by atoms with Crippen LogP contribution in [0.5, 0.6) is 11.5 Å². The molecule has 1 aliphatic rings. The zero-order valence-electron chi connectivity index (χ0n) is 16.4. The third-order valence-corrected chi connectivity index (χ3v) is 13.3. The third kappa shape index (κ3) is 2.15. The molecule has 0 aromatic heterocycles. The molecule has 0 saturated carbocycles. The molecule has 0 spiro atoms. The summed E-state index contributed by atoms with van der Waals surface area (Å²) in [4.78, 5) is 0. The van der Waals surface area contributed by atoms with Gasteiger partial charge in [-0.2, -0.15) is 0 Å². The maximum Gasteiger partial charge on any atom is 0.118 e. The topological polar surface area (TPSA) is 18.5 Å². The fraction of sp³-hybridized carbons (Fsp3) is 0.273. The Kier molecular flexibility index (Phi) is 3.83. The number of fused-ring (bicyclic) bond motifs is 1. The second-order valence-electron chi connectivity index (χ2n) is 8.18. The SMILES string of the molecule is COc1ccc(OC)c2c1[Si](C)(C)c1cccc3cccc(c13)[Si]2(C)C. The van der Waals surface area contributed by atoms with Gasteiger partial charge in [-0.3, -0.25) is 0 Å². The van der Waals surface area contributed by atoms with Gasteiger partial charge in [-0.15, -0.1) is 0 Å². The van der Waals surface area contributed by atoms with Crippen LogP contribution < -0.4 is 30.2 Å². The van der Waals surface area contributed by atoms with Crippen LogP contribution in [0.3, 0.4) is 0 Å². The van der Waals surface area contributed by atoms with Gasteiger partial charge in [0.2, 0.25) is 0 Å². The van der Waals surface area contributed by atoms with Gasteiger partial charge in [-0.25, -0.2) is 0 Å². The van der Waals surface area contributed by atoms with Crippen molar-refractivity contribution in [2.24, 2.45) is 0 Å². The molecule has 0 unspecified atom stereocenters. The van der Waals surface area contributed by atoms with Crippen LogP contribution in [0.15, 0.2) is 48.5 Å². The van der Waals surface area contributed by atoms with Crippen molar-refractivity contribution in [2.75, 3.05) is 14.2 Å². The molecule has 3 aromatic carbocycles. The smallest absolute Gasteiger partial charge is 0.118 e. The van der Waals surface area contributed by atoms with E-state index >= 15 is 0 Å². The third-order valence-electron chi connectivity index (χ3n) is 6.07. The van der Waals surface area contributed by atoms with Crippen molar-refractivity contribution in [2.45, 2.75) is 26.2 Å². The summed E-state index contributed by atoms with van der Waals surface area (Å²) >= 11 is 0. The van der Waals surface area contributed by atoms with E-state index in [-0.39, 0.29) is 0 Å². The van der Waals surface area contributed by atoms with Gasteiger partial charge in [0.15, 0.2) is 0 Å². The lowest BCUT2D eigenvalue weighted by atomic mass is 10.1. The minimum Gasteiger partial charge on any atom is -0.497 e. The maximum atomic E-state index is 5.89. The van der Waals surface area contributed by atoms with E-state index in [2.05, 4.69) is 74.7 Å². The van der Waals surface area contributed by atoms with Crippen molar-refractivity contribution in [3.63, 3.8) is 0 Å². The quantitative estimate of drug-likeness (QED) is 0.639. The van der Waals surface area contributed by atoms with Crippen LogP contribution in [0.4, 0.5) is 0 Å². The second kappa shape index (κ2) is 5.73. The molecule has 4 heteroatoms. The number of hydrogen-bond donors (Lipinski definition) is 0. The number of rotatable bonds is 2. The van der Waals surface area contributed by atoms with Gasteiger partial charge in [0.1, 0.15) is 27.6 Å². The average Bonchev–Trinajstić information content (AvgIpc) is 2.70. The van der Waals surface area contributed by atoms with Crippen LogP contribution in [-0.4, -0.2) is 30.4 Å². The van der Waals surface area contributed by atoms with Crippen LogP contribution in [0, 0.1) is 0 Å². The summed E-state index contributed by atoms with van der Waals surface area (Å²) in [6, 6.07) is 17.8. The van der Waals surface area contributed by atoms with Crippen molar-refractivity contribution in [1.82, 2.24) is 0 Å². The minimum atomic E-state index is -1.98. The molecule has 0 atom stereocenters. The predicted octanol–water partition coefficient (Wildman–Crippen LogP) is 2.82. The Balaban J connectivity index is 2.29. The Morgan fingerprint density at radius 3 is 1.42 bits per heavy atom. The molecule has 1 heterocycles. The molecule has 0 fully saturated rings. The molecule has 0 amide bonds. The van der Waals surface area contributed by atoms with Gasteiger partial charge in [0.25, 0.3) is 0 Å². The maximum absolute atomic E-state index is 5.89. The normalized spacial score (nSPS) is 16.7. The zero-order valence-corrected chi connectivity index (χ0v) is 18.4. The highest BCUT2D eigenvalue weighted by molar-refractivity contribution is 7.13. The first-order chi connectivity index (χ1) is 12.3. The number of ether oxygens (including phenoxy) is 2. The van der Waals surface area contributed by atoms with E-state index < -0.39 is 16.1 Å². The first-order valence-electron chi connectivity index (χ1n) is 9.12. The van der Waals surface area contributed by atoms with Gasteiger partial charge < -0.3 is 9.47 Å². The van der Waals surface area contributed by atoms with Crippen molar-refractivity contribution < 1.29 is 9.47 Å². The van der Waals surface area contributed by atoms with E-state index in [9.17, 15) is 0 Å². The lowest BCUT2D eigenvalue weighted by Crippen LogP contribution is -2.64. The molecule has 0 bridgehead atoms. The highest BCUT2D eigenvalue weighted by atomic mass is 28.3. The molecule has 0 radical (unpaired) electrons. The fourth-order valence-corrected chi connectivity index (χ4v) is 13.3. The van der Waals surface area contributed by atoms with E-state index in [0.717, 1.165) is 11.5 Å². The lowest BCUT2D eigenvalue weighted by Gasteiger charge is -2.32. The summed E-state index contributed by atoms with van der Waals surface area (Å²) in [7, 11) is -0.387. The minimum absolute atomic E-state index is 1.02. The highest BCUT2D eigenvalue weighted by Gasteiger charge is 2.44. The van der Waals surface area contributed by atoms with Crippen molar-refractivity contribution in [3.05, 3.63) is 48.5 Å². The number of methoxy groups -OCH3 is 2. The molecule has 134 valence electrons. The van der Waals surface area contributed by atoms with Crippen molar-refractivity contribution in [3.8, 4) is 11.5 Å². The Morgan fingerprint density at radius 1 is 0.615 bits per heavy atom. The summed E-state index contributed by atoms with van der Waals surface area (Å²) in [6.07, 6.45) is 0. The average molecular weight is 379 g/mol.